The number of aromatic nitrogens is 2. The number of amides is 1. The Hall–Kier alpha value is -2.93. The van der Waals surface area contributed by atoms with Crippen LogP contribution in [0.2, 0.25) is 0 Å². The molecule has 0 spiro atoms. The van der Waals surface area contributed by atoms with Gasteiger partial charge in [0.1, 0.15) is 10.3 Å². The van der Waals surface area contributed by atoms with Crippen LogP contribution < -0.4 is 5.32 Å². The van der Waals surface area contributed by atoms with Crippen LogP contribution in [0.3, 0.4) is 0 Å². The fraction of sp³-hybridized carbons (Fsp3) is 0.364. The van der Waals surface area contributed by atoms with Gasteiger partial charge in [0, 0.05) is 31.9 Å². The van der Waals surface area contributed by atoms with Gasteiger partial charge in [0.05, 0.1) is 23.9 Å². The number of pyridine rings is 1. The summed E-state index contributed by atoms with van der Waals surface area (Å²) in [5, 5.41) is 7.21. The normalized spacial score (nSPS) is 16.6. The molecule has 1 aliphatic rings. The molecule has 10 nitrogen and oxygen atoms in total. The third-order valence-corrected chi connectivity index (χ3v) is 7.74. The first kappa shape index (κ1) is 24.2. The van der Waals surface area contributed by atoms with Crippen molar-refractivity contribution in [2.45, 2.75) is 23.8 Å². The summed E-state index contributed by atoms with van der Waals surface area (Å²) in [5.74, 6) is -0.563. The van der Waals surface area contributed by atoms with E-state index >= 15 is 0 Å². The molecule has 0 bridgehead atoms. The van der Waals surface area contributed by atoms with Gasteiger partial charge >= 0.3 is 0 Å². The Labute approximate surface area is 200 Å². The summed E-state index contributed by atoms with van der Waals surface area (Å²) in [6.07, 6.45) is 2.46. The first-order valence-electron chi connectivity index (χ1n) is 10.6. The quantitative estimate of drug-likeness (QED) is 0.253. The lowest BCUT2D eigenvalue weighted by atomic mass is 10.1. The van der Waals surface area contributed by atoms with Gasteiger partial charge in [-0.25, -0.2) is 18.4 Å². The number of oxime groups is 1. The third kappa shape index (κ3) is 5.95. The number of benzene rings is 1. The average Bonchev–Trinajstić information content (AvgIpc) is 3.49. The van der Waals surface area contributed by atoms with Crippen molar-refractivity contribution in [1.82, 2.24) is 9.97 Å². The predicted octanol–water partition coefficient (Wildman–Crippen LogP) is 2.65. The lowest BCUT2D eigenvalue weighted by molar-refractivity contribution is -0.110. The van der Waals surface area contributed by atoms with Crippen LogP contribution in [0.5, 0.6) is 0 Å². The highest BCUT2D eigenvalue weighted by Crippen LogP contribution is 2.24. The SMILES string of the molecule is COCCCS(=O)(=O)c1ccc(C(=NO[C@@H]2CCOC2)C(=O)Nc2nc3cccnc3s2)cc1. The van der Waals surface area contributed by atoms with Gasteiger partial charge in [-0.05, 0) is 30.7 Å². The van der Waals surface area contributed by atoms with Crippen molar-refractivity contribution in [3.63, 3.8) is 0 Å². The maximum atomic E-state index is 13.1. The summed E-state index contributed by atoms with van der Waals surface area (Å²) in [6.45, 7) is 1.31. The minimum atomic E-state index is -3.47. The second-order valence-electron chi connectivity index (χ2n) is 7.52. The molecule has 3 aromatic rings. The van der Waals surface area contributed by atoms with Crippen molar-refractivity contribution in [3.8, 4) is 0 Å². The topological polar surface area (TPSA) is 129 Å². The lowest BCUT2D eigenvalue weighted by Gasteiger charge is -2.10. The van der Waals surface area contributed by atoms with E-state index in [1.165, 1.54) is 42.7 Å². The van der Waals surface area contributed by atoms with Crippen molar-refractivity contribution >= 4 is 48.3 Å². The zero-order valence-electron chi connectivity index (χ0n) is 18.5. The number of carbonyl (C=O) groups excluding carboxylic acids is 1. The zero-order valence-corrected chi connectivity index (χ0v) is 20.1. The highest BCUT2D eigenvalue weighted by atomic mass is 32.2. The largest absolute Gasteiger partial charge is 0.389 e. The molecular formula is C22H24N4O6S2. The minimum absolute atomic E-state index is 0.00227. The van der Waals surface area contributed by atoms with Gasteiger partial charge < -0.3 is 14.3 Å². The molecule has 0 unspecified atom stereocenters. The fourth-order valence-electron chi connectivity index (χ4n) is 3.26. The van der Waals surface area contributed by atoms with Crippen molar-refractivity contribution in [2.24, 2.45) is 5.16 Å². The van der Waals surface area contributed by atoms with E-state index in [0.29, 0.717) is 53.7 Å². The molecular weight excluding hydrogens is 480 g/mol. The molecule has 1 N–H and O–H groups in total. The summed E-state index contributed by atoms with van der Waals surface area (Å²) < 4.78 is 35.3. The Bertz CT molecular complexity index is 1240. The standard InChI is InChI=1S/C22H24N4O6S2/c1-30-11-3-13-34(28,29)17-7-5-15(6-8-17)19(26-32-16-9-12-31-14-16)20(27)25-22-24-18-4-2-10-23-21(18)33-22/h2,4-8,10,16H,3,9,11-14H2,1H3,(H,24,25,27)/t16-/m1/s1. The number of methoxy groups -OCH3 is 1. The van der Waals surface area contributed by atoms with Crippen molar-refractivity contribution < 1.29 is 27.5 Å². The highest BCUT2D eigenvalue weighted by molar-refractivity contribution is 7.91. The number of ether oxygens (including phenoxy) is 2. The lowest BCUT2D eigenvalue weighted by Crippen LogP contribution is -2.25. The van der Waals surface area contributed by atoms with E-state index < -0.39 is 15.7 Å². The first-order chi connectivity index (χ1) is 16.5. The van der Waals surface area contributed by atoms with Crippen LogP contribution in [0.15, 0.2) is 52.6 Å². The molecule has 3 heterocycles. The van der Waals surface area contributed by atoms with Gasteiger partial charge in [-0.1, -0.05) is 28.6 Å². The molecule has 1 amide bonds. The molecule has 180 valence electrons. The van der Waals surface area contributed by atoms with E-state index in [0.717, 1.165) is 0 Å². The number of thiazole rings is 1. The second kappa shape index (κ2) is 11.0. The Kier molecular flexibility index (Phi) is 7.83. The maximum Gasteiger partial charge on any atom is 0.280 e. The van der Waals surface area contributed by atoms with E-state index in [9.17, 15) is 13.2 Å². The summed E-state index contributed by atoms with van der Waals surface area (Å²) >= 11 is 1.24. The van der Waals surface area contributed by atoms with Gasteiger partial charge in [-0.15, -0.1) is 0 Å². The van der Waals surface area contributed by atoms with E-state index in [1.807, 2.05) is 0 Å². The first-order valence-corrected chi connectivity index (χ1v) is 13.1. The van der Waals surface area contributed by atoms with Gasteiger partial charge in [0.25, 0.3) is 5.91 Å². The van der Waals surface area contributed by atoms with Crippen LogP contribution in [0.1, 0.15) is 18.4 Å². The summed E-state index contributed by atoms with van der Waals surface area (Å²) in [6, 6.07) is 9.56. The molecule has 0 aliphatic carbocycles. The van der Waals surface area contributed by atoms with Crippen molar-refractivity contribution in [3.05, 3.63) is 48.2 Å². The number of carbonyl (C=O) groups is 1. The summed E-state index contributed by atoms with van der Waals surface area (Å²) in [4.78, 5) is 28.1. The number of hydrogen-bond donors (Lipinski definition) is 1. The van der Waals surface area contributed by atoms with E-state index in [1.54, 1.807) is 18.3 Å². The molecule has 34 heavy (non-hydrogen) atoms. The van der Waals surface area contributed by atoms with Crippen molar-refractivity contribution in [1.29, 1.82) is 0 Å². The molecule has 1 saturated heterocycles. The van der Waals surface area contributed by atoms with Gasteiger partial charge in [-0.3, -0.25) is 10.1 Å². The molecule has 1 aliphatic heterocycles. The molecule has 2 aromatic heterocycles. The number of anilines is 1. The minimum Gasteiger partial charge on any atom is -0.389 e. The molecule has 4 rings (SSSR count). The van der Waals surface area contributed by atoms with Gasteiger partial charge in [0.15, 0.2) is 26.8 Å². The number of hydrogen-bond acceptors (Lipinski definition) is 10. The number of fused-ring (bicyclic) bond motifs is 1. The van der Waals surface area contributed by atoms with Crippen molar-refractivity contribution in [2.75, 3.05) is 38.0 Å². The van der Waals surface area contributed by atoms with E-state index in [2.05, 4.69) is 20.4 Å². The maximum absolute atomic E-state index is 13.1. The molecule has 0 saturated carbocycles. The molecule has 12 heteroatoms. The Morgan fingerprint density at radius 3 is 2.82 bits per heavy atom. The fourth-order valence-corrected chi connectivity index (χ4v) is 5.35. The average molecular weight is 505 g/mol. The Balaban J connectivity index is 1.56. The van der Waals surface area contributed by atoms with E-state index in [-0.39, 0.29) is 22.5 Å². The molecule has 0 radical (unpaired) electrons. The van der Waals surface area contributed by atoms with Crippen LogP contribution >= 0.6 is 11.3 Å². The zero-order chi connectivity index (χ0) is 24.0. The number of nitrogens with zero attached hydrogens (tertiary/aromatic N) is 3. The molecule has 1 atom stereocenters. The smallest absolute Gasteiger partial charge is 0.280 e. The second-order valence-corrected chi connectivity index (χ2v) is 10.6. The van der Waals surface area contributed by atoms with Gasteiger partial charge in [-0.2, -0.15) is 0 Å². The van der Waals surface area contributed by atoms with Crippen LogP contribution in [0.4, 0.5) is 5.13 Å². The number of rotatable bonds is 10. The van der Waals surface area contributed by atoms with Crippen LogP contribution in [0, 0.1) is 0 Å². The van der Waals surface area contributed by atoms with E-state index in [4.69, 9.17) is 14.3 Å². The molecule has 1 aromatic carbocycles. The predicted molar refractivity (Wildman–Crippen MR) is 128 cm³/mol. The van der Waals surface area contributed by atoms with Crippen LogP contribution in [-0.4, -0.2) is 68.8 Å². The number of nitrogens with one attached hydrogen (secondary N) is 1. The molecule has 1 fully saturated rings. The summed E-state index contributed by atoms with van der Waals surface area (Å²) in [7, 11) is -1.94. The third-order valence-electron chi connectivity index (χ3n) is 5.03. The monoisotopic (exact) mass is 504 g/mol. The Morgan fingerprint density at radius 1 is 1.29 bits per heavy atom. The van der Waals surface area contributed by atoms with Gasteiger partial charge in [0.2, 0.25) is 0 Å². The Morgan fingerprint density at radius 2 is 2.12 bits per heavy atom. The highest BCUT2D eigenvalue weighted by Gasteiger charge is 2.22. The number of sulfone groups is 1. The van der Waals surface area contributed by atoms with Crippen LogP contribution in [-0.2, 0) is 28.9 Å². The summed E-state index contributed by atoms with van der Waals surface area (Å²) in [5.41, 5.74) is 1.08. The van der Waals surface area contributed by atoms with Crippen LogP contribution in [0.25, 0.3) is 10.3 Å².